The maximum Gasteiger partial charge on any atom is 0.345 e. The molecule has 2 fully saturated rings. The molecule has 3 unspecified atom stereocenters. The highest BCUT2D eigenvalue weighted by molar-refractivity contribution is 7.13. The Morgan fingerprint density at radius 3 is 2.69 bits per heavy atom. The molecule has 0 radical (unpaired) electrons. The van der Waals surface area contributed by atoms with Gasteiger partial charge in [0, 0.05) is 10.8 Å². The van der Waals surface area contributed by atoms with Gasteiger partial charge in [0.25, 0.3) is 0 Å². The monoisotopic (exact) mass is 417 g/mol. The van der Waals surface area contributed by atoms with E-state index < -0.39 is 5.97 Å². The van der Waals surface area contributed by atoms with Crippen molar-refractivity contribution in [2.45, 2.75) is 90.1 Å². The van der Waals surface area contributed by atoms with Crippen molar-refractivity contribution in [2.24, 2.45) is 23.2 Å². The summed E-state index contributed by atoms with van der Waals surface area (Å²) in [4.78, 5) is 12.6. The van der Waals surface area contributed by atoms with Gasteiger partial charge in [-0.15, -0.1) is 11.3 Å². The van der Waals surface area contributed by atoms with Crippen LogP contribution >= 0.6 is 11.3 Å². The number of carboxylic acid groups (broad SMARTS) is 1. The lowest BCUT2D eigenvalue weighted by Gasteiger charge is -2.45. The van der Waals surface area contributed by atoms with Crippen LogP contribution in [0.1, 0.15) is 92.1 Å². The second-order valence-corrected chi connectivity index (χ2v) is 10.4. The van der Waals surface area contributed by atoms with Crippen molar-refractivity contribution in [1.29, 1.82) is 5.26 Å². The fourth-order valence-corrected chi connectivity index (χ4v) is 6.57. The molecule has 3 rings (SSSR count). The summed E-state index contributed by atoms with van der Waals surface area (Å²) in [5, 5.41) is 29.3. The largest absolute Gasteiger partial charge is 0.477 e. The number of nitriles is 1. The van der Waals surface area contributed by atoms with Crippen molar-refractivity contribution in [2.75, 3.05) is 0 Å². The van der Waals surface area contributed by atoms with Gasteiger partial charge < -0.3 is 10.2 Å². The van der Waals surface area contributed by atoms with Crippen LogP contribution in [-0.2, 0) is 6.42 Å². The average Bonchev–Trinajstić information content (AvgIpc) is 3.29. The Morgan fingerprint density at radius 1 is 1.31 bits per heavy atom. The normalized spacial score (nSPS) is 26.6. The zero-order valence-electron chi connectivity index (χ0n) is 17.6. The van der Waals surface area contributed by atoms with E-state index in [-0.39, 0.29) is 17.4 Å². The Hall–Kier alpha value is -1.38. The molecule has 0 spiro atoms. The van der Waals surface area contributed by atoms with Crippen LogP contribution in [0.15, 0.2) is 12.1 Å². The van der Waals surface area contributed by atoms with Crippen LogP contribution in [0.4, 0.5) is 0 Å². The van der Waals surface area contributed by atoms with E-state index in [0.29, 0.717) is 16.7 Å². The Labute approximate surface area is 179 Å². The van der Waals surface area contributed by atoms with Gasteiger partial charge >= 0.3 is 5.97 Å². The summed E-state index contributed by atoms with van der Waals surface area (Å²) in [6.07, 6.45) is 12.7. The first-order valence-corrected chi connectivity index (χ1v) is 12.2. The van der Waals surface area contributed by atoms with Crippen LogP contribution in [0, 0.1) is 34.5 Å². The molecule has 0 bridgehead atoms. The van der Waals surface area contributed by atoms with Crippen LogP contribution in [0.3, 0.4) is 0 Å². The van der Waals surface area contributed by atoms with Gasteiger partial charge in [0.1, 0.15) is 4.88 Å². The summed E-state index contributed by atoms with van der Waals surface area (Å²) >= 11 is 1.38. The van der Waals surface area contributed by atoms with Gasteiger partial charge in [-0.1, -0.05) is 19.8 Å². The molecule has 2 N–H and O–H groups in total. The lowest BCUT2D eigenvalue weighted by molar-refractivity contribution is -0.0438. The van der Waals surface area contributed by atoms with E-state index >= 15 is 0 Å². The van der Waals surface area contributed by atoms with Crippen molar-refractivity contribution in [3.63, 3.8) is 0 Å². The summed E-state index contributed by atoms with van der Waals surface area (Å²) < 4.78 is 0. The third-order valence-electron chi connectivity index (χ3n) is 7.78. The number of aryl methyl sites for hydroxylation is 1. The highest BCUT2D eigenvalue weighted by Crippen LogP contribution is 2.48. The van der Waals surface area contributed by atoms with E-state index in [1.54, 1.807) is 6.07 Å². The molecule has 29 heavy (non-hydrogen) atoms. The molecule has 0 amide bonds. The molecule has 1 aromatic rings. The van der Waals surface area contributed by atoms with Crippen molar-refractivity contribution >= 4 is 17.3 Å². The third-order valence-corrected chi connectivity index (χ3v) is 8.92. The predicted octanol–water partition coefficient (Wildman–Crippen LogP) is 6.05. The molecule has 0 saturated heterocycles. The van der Waals surface area contributed by atoms with Crippen LogP contribution in [0.2, 0.25) is 0 Å². The first kappa shape index (κ1) is 22.3. The van der Waals surface area contributed by atoms with Gasteiger partial charge in [0.15, 0.2) is 0 Å². The highest BCUT2D eigenvalue weighted by atomic mass is 32.1. The topological polar surface area (TPSA) is 81.3 Å². The second-order valence-electron chi connectivity index (χ2n) is 9.22. The van der Waals surface area contributed by atoms with E-state index in [1.807, 2.05) is 6.07 Å². The lowest BCUT2D eigenvalue weighted by Crippen LogP contribution is -2.40. The summed E-state index contributed by atoms with van der Waals surface area (Å²) in [6, 6.07) is 6.18. The summed E-state index contributed by atoms with van der Waals surface area (Å²) in [5.41, 5.74) is 0.180. The maximum absolute atomic E-state index is 11.0. The molecule has 160 valence electrons. The highest BCUT2D eigenvalue weighted by Gasteiger charge is 2.41. The quantitative estimate of drug-likeness (QED) is 0.459. The number of nitrogens with zero attached hydrogens (tertiary/aromatic N) is 1. The molecule has 2 saturated carbocycles. The lowest BCUT2D eigenvalue weighted by atomic mass is 9.62. The minimum Gasteiger partial charge on any atom is -0.477 e. The van der Waals surface area contributed by atoms with Gasteiger partial charge in [-0.05, 0) is 93.6 Å². The minimum absolute atomic E-state index is 0.168. The zero-order chi connectivity index (χ0) is 20.9. The molecule has 1 heterocycles. The number of carboxylic acids is 1. The minimum atomic E-state index is -0.845. The number of aliphatic hydroxyl groups excluding tert-OH is 1. The third kappa shape index (κ3) is 5.22. The molecule has 0 aromatic carbocycles. The first-order chi connectivity index (χ1) is 14.0. The Morgan fingerprint density at radius 2 is 2.10 bits per heavy atom. The molecular weight excluding hydrogens is 382 g/mol. The number of carbonyl (C=O) groups is 1. The van der Waals surface area contributed by atoms with E-state index in [2.05, 4.69) is 13.0 Å². The fourth-order valence-electron chi connectivity index (χ4n) is 5.68. The molecule has 0 aliphatic heterocycles. The number of hydrogen-bond acceptors (Lipinski definition) is 4. The van der Waals surface area contributed by atoms with E-state index in [4.69, 9.17) is 5.11 Å². The van der Waals surface area contributed by atoms with Crippen LogP contribution in [0.25, 0.3) is 0 Å². The van der Waals surface area contributed by atoms with Gasteiger partial charge in [0.2, 0.25) is 0 Å². The van der Waals surface area contributed by atoms with Crippen molar-refractivity contribution in [1.82, 2.24) is 0 Å². The molecule has 1 aromatic heterocycles. The molecule has 2 aliphatic rings. The second kappa shape index (κ2) is 10.1. The maximum atomic E-state index is 11.0. The Bertz CT molecular complexity index is 712. The van der Waals surface area contributed by atoms with Gasteiger partial charge in [0.05, 0.1) is 12.2 Å². The molecule has 4 nitrogen and oxygen atoms in total. The average molecular weight is 418 g/mol. The predicted molar refractivity (Wildman–Crippen MR) is 116 cm³/mol. The molecular formula is C24H35NO3S. The molecule has 4 atom stereocenters. The van der Waals surface area contributed by atoms with Crippen molar-refractivity contribution in [3.05, 3.63) is 21.9 Å². The van der Waals surface area contributed by atoms with Crippen LogP contribution < -0.4 is 0 Å². The fraction of sp³-hybridized carbons (Fsp3) is 0.750. The standard InChI is InChI=1S/C24H35NO3S/c1-2-24(14-5-15-24)22(26)9-4-8-20-17(10-11-18(20)16-25)6-3-7-19-12-13-21(29-19)23(27)28/h12-13,17-18,20,22,26H,2-11,14-15H2,1H3,(H,27,28)/t17-,18?,20?,22?/m0/s1. The van der Waals surface area contributed by atoms with Crippen molar-refractivity contribution < 1.29 is 15.0 Å². The van der Waals surface area contributed by atoms with Gasteiger partial charge in [-0.25, -0.2) is 4.79 Å². The summed E-state index contributed by atoms with van der Waals surface area (Å²) in [7, 11) is 0. The zero-order valence-corrected chi connectivity index (χ0v) is 18.4. The summed E-state index contributed by atoms with van der Waals surface area (Å²) in [5.74, 6) is 0.382. The van der Waals surface area contributed by atoms with Crippen LogP contribution in [0.5, 0.6) is 0 Å². The number of rotatable bonds is 11. The van der Waals surface area contributed by atoms with Gasteiger partial charge in [-0.2, -0.15) is 5.26 Å². The van der Waals surface area contributed by atoms with E-state index in [0.717, 1.165) is 62.7 Å². The number of hydrogen-bond donors (Lipinski definition) is 2. The Kier molecular flexibility index (Phi) is 7.76. The summed E-state index contributed by atoms with van der Waals surface area (Å²) in [6.45, 7) is 2.20. The van der Waals surface area contributed by atoms with E-state index in [1.165, 1.54) is 30.6 Å². The molecule has 5 heteroatoms. The van der Waals surface area contributed by atoms with Gasteiger partial charge in [-0.3, -0.25) is 0 Å². The smallest absolute Gasteiger partial charge is 0.345 e. The van der Waals surface area contributed by atoms with Crippen molar-refractivity contribution in [3.8, 4) is 6.07 Å². The number of aromatic carboxylic acids is 1. The number of aliphatic hydroxyl groups is 1. The SMILES string of the molecule is CCC1(C(O)CCCC2C(C#N)CC[C@@H]2CCCc2ccc(C(=O)O)s2)CCC1. The van der Waals surface area contributed by atoms with Crippen LogP contribution in [-0.4, -0.2) is 22.3 Å². The molecule has 2 aliphatic carbocycles. The number of thiophene rings is 1. The first-order valence-electron chi connectivity index (χ1n) is 11.4. The van der Waals surface area contributed by atoms with E-state index in [9.17, 15) is 15.2 Å². The Balaban J connectivity index is 1.45.